The Bertz CT molecular complexity index is 643. The number of benzene rings is 2. The molecule has 5 heteroatoms. The molecule has 0 fully saturated rings. The van der Waals surface area contributed by atoms with Gasteiger partial charge in [-0.1, -0.05) is 42.5 Å². The van der Waals surface area contributed by atoms with E-state index in [4.69, 9.17) is 15.2 Å². The largest absolute Gasteiger partial charge is 0.486 e. The summed E-state index contributed by atoms with van der Waals surface area (Å²) in [7, 11) is 0. The minimum Gasteiger partial charge on any atom is -0.486 e. The number of para-hydroxylation sites is 2. The van der Waals surface area contributed by atoms with Crippen LogP contribution in [-0.4, -0.2) is 25.2 Å². The Morgan fingerprint density at radius 3 is 2.64 bits per heavy atom. The van der Waals surface area contributed by atoms with E-state index in [0.29, 0.717) is 25.7 Å². The Morgan fingerprint density at radius 2 is 1.82 bits per heavy atom. The van der Waals surface area contributed by atoms with Crippen LogP contribution in [0.5, 0.6) is 11.5 Å². The molecule has 1 heterocycles. The fraction of sp³-hybridized carbons (Fsp3) is 0.235. The highest BCUT2D eigenvalue weighted by Gasteiger charge is 2.20. The predicted molar refractivity (Wildman–Crippen MR) is 86.1 cm³/mol. The van der Waals surface area contributed by atoms with E-state index in [9.17, 15) is 0 Å². The number of nitrogens with zero attached hydrogens (tertiary/aromatic N) is 1. The Morgan fingerprint density at radius 1 is 1.09 bits per heavy atom. The van der Waals surface area contributed by atoms with Crippen LogP contribution in [0, 0.1) is 0 Å². The normalized spacial score (nSPS) is 17.1. The molecule has 2 aromatic rings. The summed E-state index contributed by atoms with van der Waals surface area (Å²) >= 11 is 0. The molecule has 0 radical (unpaired) electrons. The van der Waals surface area contributed by atoms with E-state index in [1.807, 2.05) is 54.6 Å². The molecule has 1 atom stereocenters. The first kappa shape index (κ1) is 14.3. The van der Waals surface area contributed by atoms with Crippen molar-refractivity contribution in [3.8, 4) is 11.5 Å². The first-order chi connectivity index (χ1) is 10.8. The summed E-state index contributed by atoms with van der Waals surface area (Å²) in [5.74, 6) is 1.95. The molecule has 0 saturated heterocycles. The van der Waals surface area contributed by atoms with Gasteiger partial charge in [0.05, 0.1) is 13.1 Å². The van der Waals surface area contributed by atoms with Gasteiger partial charge in [0.25, 0.3) is 0 Å². The number of hydrogen-bond acceptors (Lipinski definition) is 3. The van der Waals surface area contributed by atoms with Gasteiger partial charge in [-0.3, -0.25) is 0 Å². The average molecular weight is 297 g/mol. The number of ether oxygens (including phenoxy) is 2. The molecular formula is C17H19N3O2. The fourth-order valence-corrected chi connectivity index (χ4v) is 2.20. The van der Waals surface area contributed by atoms with E-state index in [-0.39, 0.29) is 6.10 Å². The van der Waals surface area contributed by atoms with Crippen molar-refractivity contribution in [3.63, 3.8) is 0 Å². The highest BCUT2D eigenvalue weighted by atomic mass is 16.6. The van der Waals surface area contributed by atoms with Crippen LogP contribution >= 0.6 is 0 Å². The van der Waals surface area contributed by atoms with Crippen LogP contribution in [0.25, 0.3) is 0 Å². The lowest BCUT2D eigenvalue weighted by molar-refractivity contribution is 0.0937. The van der Waals surface area contributed by atoms with Crippen LogP contribution in [0.2, 0.25) is 0 Å². The maximum atomic E-state index is 5.88. The number of hydrogen-bond donors (Lipinski definition) is 2. The molecule has 0 bridgehead atoms. The molecule has 0 aromatic heterocycles. The second-order valence-electron chi connectivity index (χ2n) is 5.07. The molecular weight excluding hydrogens is 278 g/mol. The molecule has 0 unspecified atom stereocenters. The van der Waals surface area contributed by atoms with Crippen molar-refractivity contribution in [2.24, 2.45) is 10.7 Å². The molecule has 5 nitrogen and oxygen atoms in total. The van der Waals surface area contributed by atoms with Crippen LogP contribution in [0.3, 0.4) is 0 Å². The smallest absolute Gasteiger partial charge is 0.189 e. The second-order valence-corrected chi connectivity index (χ2v) is 5.07. The van der Waals surface area contributed by atoms with Crippen molar-refractivity contribution in [3.05, 3.63) is 60.2 Å². The number of fused-ring (bicyclic) bond motifs is 1. The number of nitrogens with one attached hydrogen (secondary N) is 1. The molecule has 22 heavy (non-hydrogen) atoms. The first-order valence-electron chi connectivity index (χ1n) is 7.27. The summed E-state index contributed by atoms with van der Waals surface area (Å²) in [6.45, 7) is 1.61. The first-order valence-corrected chi connectivity index (χ1v) is 7.27. The number of aliphatic imine (C=N–C) groups is 1. The molecule has 3 rings (SSSR count). The zero-order chi connectivity index (χ0) is 15.2. The highest BCUT2D eigenvalue weighted by Crippen LogP contribution is 2.30. The summed E-state index contributed by atoms with van der Waals surface area (Å²) in [5.41, 5.74) is 7.00. The van der Waals surface area contributed by atoms with E-state index in [2.05, 4.69) is 10.3 Å². The molecule has 0 aliphatic carbocycles. The lowest BCUT2D eigenvalue weighted by Crippen LogP contribution is -2.43. The van der Waals surface area contributed by atoms with Crippen LogP contribution in [0.15, 0.2) is 59.6 Å². The lowest BCUT2D eigenvalue weighted by Gasteiger charge is -2.26. The third-order valence-corrected chi connectivity index (χ3v) is 3.35. The molecule has 0 saturated carbocycles. The van der Waals surface area contributed by atoms with Crippen molar-refractivity contribution < 1.29 is 9.47 Å². The van der Waals surface area contributed by atoms with Crippen LogP contribution < -0.4 is 20.5 Å². The number of nitrogens with two attached hydrogens (primary N) is 1. The van der Waals surface area contributed by atoms with Crippen molar-refractivity contribution in [1.82, 2.24) is 5.32 Å². The van der Waals surface area contributed by atoms with E-state index < -0.39 is 0 Å². The second kappa shape index (κ2) is 6.85. The lowest BCUT2D eigenvalue weighted by atomic mass is 10.2. The Labute approximate surface area is 129 Å². The van der Waals surface area contributed by atoms with Gasteiger partial charge >= 0.3 is 0 Å². The minimum atomic E-state index is -0.0830. The van der Waals surface area contributed by atoms with Gasteiger partial charge in [-0.05, 0) is 17.7 Å². The van der Waals surface area contributed by atoms with Gasteiger partial charge in [-0.15, -0.1) is 0 Å². The van der Waals surface area contributed by atoms with Gasteiger partial charge in [-0.25, -0.2) is 4.99 Å². The van der Waals surface area contributed by atoms with E-state index in [1.165, 1.54) is 0 Å². The van der Waals surface area contributed by atoms with E-state index >= 15 is 0 Å². The fourth-order valence-electron chi connectivity index (χ4n) is 2.20. The monoisotopic (exact) mass is 297 g/mol. The van der Waals surface area contributed by atoms with Gasteiger partial charge < -0.3 is 20.5 Å². The SMILES string of the molecule is NC(=NCc1ccccc1)NC[C@H]1COc2ccccc2O1. The Balaban J connectivity index is 1.48. The molecule has 114 valence electrons. The summed E-state index contributed by atoms with van der Waals surface area (Å²) < 4.78 is 11.5. The van der Waals surface area contributed by atoms with Crippen molar-refractivity contribution in [2.75, 3.05) is 13.2 Å². The third-order valence-electron chi connectivity index (χ3n) is 3.35. The maximum absolute atomic E-state index is 5.88. The van der Waals surface area contributed by atoms with Crippen LogP contribution in [0.1, 0.15) is 5.56 Å². The molecule has 0 spiro atoms. The van der Waals surface area contributed by atoms with Gasteiger partial charge in [0, 0.05) is 0 Å². The zero-order valence-corrected chi connectivity index (χ0v) is 12.2. The quantitative estimate of drug-likeness (QED) is 0.668. The van der Waals surface area contributed by atoms with Crippen molar-refractivity contribution in [1.29, 1.82) is 0 Å². The van der Waals surface area contributed by atoms with E-state index in [1.54, 1.807) is 0 Å². The highest BCUT2D eigenvalue weighted by molar-refractivity contribution is 5.77. The summed E-state index contributed by atoms with van der Waals surface area (Å²) in [6.07, 6.45) is -0.0830. The van der Waals surface area contributed by atoms with Gasteiger partial charge in [0.1, 0.15) is 12.7 Å². The molecule has 1 aliphatic rings. The summed E-state index contributed by atoms with van der Waals surface area (Å²) in [6, 6.07) is 17.6. The topological polar surface area (TPSA) is 68.9 Å². The van der Waals surface area contributed by atoms with Gasteiger partial charge in [0.15, 0.2) is 17.5 Å². The van der Waals surface area contributed by atoms with E-state index in [0.717, 1.165) is 17.1 Å². The molecule has 2 aromatic carbocycles. The maximum Gasteiger partial charge on any atom is 0.189 e. The van der Waals surface area contributed by atoms with Gasteiger partial charge in [-0.2, -0.15) is 0 Å². The third kappa shape index (κ3) is 3.69. The number of guanidine groups is 1. The Hall–Kier alpha value is -2.69. The summed E-state index contributed by atoms with van der Waals surface area (Å²) in [5, 5.41) is 3.08. The number of rotatable bonds is 4. The van der Waals surface area contributed by atoms with Crippen molar-refractivity contribution in [2.45, 2.75) is 12.6 Å². The predicted octanol–water partition coefficient (Wildman–Crippen LogP) is 1.93. The zero-order valence-electron chi connectivity index (χ0n) is 12.2. The minimum absolute atomic E-state index is 0.0830. The summed E-state index contributed by atoms with van der Waals surface area (Å²) in [4.78, 5) is 4.31. The van der Waals surface area contributed by atoms with Crippen LogP contribution in [-0.2, 0) is 6.54 Å². The van der Waals surface area contributed by atoms with Gasteiger partial charge in [0.2, 0.25) is 0 Å². The molecule has 1 aliphatic heterocycles. The molecule has 3 N–H and O–H groups in total. The standard InChI is InChI=1S/C17H19N3O2/c18-17(19-10-13-6-2-1-3-7-13)20-11-14-12-21-15-8-4-5-9-16(15)22-14/h1-9,14H,10-12H2,(H3,18,19,20)/t14-/m0/s1. The Kier molecular flexibility index (Phi) is 4.44. The molecule has 0 amide bonds. The van der Waals surface area contributed by atoms with Crippen molar-refractivity contribution >= 4 is 5.96 Å². The van der Waals surface area contributed by atoms with Crippen LogP contribution in [0.4, 0.5) is 0 Å². The average Bonchev–Trinajstić information content (AvgIpc) is 2.59.